The molecule has 1 aromatic carbocycles. The first kappa shape index (κ1) is 20.8. The molecular weight excluding hydrogens is 406 g/mol. The minimum Gasteiger partial charge on any atom is -0.508 e. The first-order chi connectivity index (χ1) is 14.5. The van der Waals surface area contributed by atoms with Gasteiger partial charge in [0.2, 0.25) is 5.78 Å². The summed E-state index contributed by atoms with van der Waals surface area (Å²) in [7, 11) is 0. The summed E-state index contributed by atoms with van der Waals surface area (Å²) < 4.78 is 0. The summed E-state index contributed by atoms with van der Waals surface area (Å²) >= 11 is 0. The highest BCUT2D eigenvalue weighted by Gasteiger charge is 2.64. The number of aliphatic hydroxyl groups excluding tert-OH is 3. The first-order valence-corrected chi connectivity index (χ1v) is 9.62. The quantitative estimate of drug-likeness (QED) is 0.371. The molecule has 5 atom stereocenters. The maximum absolute atomic E-state index is 13.4. The highest BCUT2D eigenvalue weighted by atomic mass is 16.4. The largest absolute Gasteiger partial charge is 0.508 e. The molecule has 4 rings (SSSR count). The van der Waals surface area contributed by atoms with Crippen LogP contribution in [0.4, 0.5) is 0 Å². The van der Waals surface area contributed by atoms with E-state index < -0.39 is 76.0 Å². The predicted octanol–water partition coefficient (Wildman–Crippen LogP) is 0.599. The number of phenols is 1. The van der Waals surface area contributed by atoms with Crippen LogP contribution in [0.5, 0.6) is 5.75 Å². The molecule has 0 saturated heterocycles. The van der Waals surface area contributed by atoms with E-state index in [2.05, 4.69) is 6.58 Å². The molecule has 1 saturated carbocycles. The Morgan fingerprint density at radius 1 is 1.26 bits per heavy atom. The number of hydrogen-bond donors (Lipinski definition) is 6. The number of ketones is 2. The Morgan fingerprint density at radius 2 is 1.90 bits per heavy atom. The van der Waals surface area contributed by atoms with Crippen molar-refractivity contribution in [1.82, 2.24) is 0 Å². The summed E-state index contributed by atoms with van der Waals surface area (Å²) in [5, 5.41) is 54.2. The van der Waals surface area contributed by atoms with Crippen molar-refractivity contribution in [2.45, 2.75) is 31.0 Å². The van der Waals surface area contributed by atoms with Gasteiger partial charge in [-0.3, -0.25) is 14.4 Å². The molecule has 1 amide bonds. The summed E-state index contributed by atoms with van der Waals surface area (Å²) in [6.07, 6.45) is -0.661. The second-order valence-corrected chi connectivity index (χ2v) is 8.15. The monoisotopic (exact) mass is 427 g/mol. The fourth-order valence-electron chi connectivity index (χ4n) is 5.29. The average molecular weight is 427 g/mol. The summed E-state index contributed by atoms with van der Waals surface area (Å²) in [5.41, 5.74) is 1.93. The highest BCUT2D eigenvalue weighted by molar-refractivity contribution is 6.23. The van der Waals surface area contributed by atoms with Crippen LogP contribution in [0.25, 0.3) is 11.8 Å². The lowest BCUT2D eigenvalue weighted by atomic mass is 9.55. The van der Waals surface area contributed by atoms with Gasteiger partial charge in [0.15, 0.2) is 11.4 Å². The maximum Gasteiger partial charge on any atom is 0.255 e. The minimum absolute atomic E-state index is 0.0516. The van der Waals surface area contributed by atoms with E-state index in [1.807, 2.05) is 0 Å². The molecule has 0 bridgehead atoms. The standard InChI is InChI=1S/C22H21NO8/c1-3-8-4-5-10(24)14-12(8)7(2)13-16(18(14)27)20(29)22(31)9(17(13)26)6-11(25)15(19(22)28)21(23)30/h3-5,7,9,13,17,24,26-28,31H,1,6H2,2H3,(H2,23,30)/t7-,9+,13+,17+,22+/m0/s1. The van der Waals surface area contributed by atoms with Crippen molar-refractivity contribution in [2.75, 3.05) is 0 Å². The first-order valence-electron chi connectivity index (χ1n) is 9.62. The summed E-state index contributed by atoms with van der Waals surface area (Å²) in [6, 6.07) is 2.88. The Morgan fingerprint density at radius 3 is 2.48 bits per heavy atom. The second-order valence-electron chi connectivity index (χ2n) is 8.15. The zero-order chi connectivity index (χ0) is 23.0. The summed E-state index contributed by atoms with van der Waals surface area (Å²) in [5.74, 6) is -8.80. The fraction of sp³-hybridized carbons (Fsp3) is 0.318. The van der Waals surface area contributed by atoms with Crippen molar-refractivity contribution in [3.05, 3.63) is 52.3 Å². The van der Waals surface area contributed by atoms with Gasteiger partial charge in [0.25, 0.3) is 5.91 Å². The number of aliphatic hydroxyl groups is 4. The number of benzene rings is 1. The number of phenolic OH excluding ortho intramolecular Hbond substituents is 1. The Hall–Kier alpha value is -3.43. The van der Waals surface area contributed by atoms with E-state index in [9.17, 15) is 39.9 Å². The van der Waals surface area contributed by atoms with Crippen molar-refractivity contribution in [3.8, 4) is 5.75 Å². The van der Waals surface area contributed by atoms with Crippen LogP contribution < -0.4 is 5.73 Å². The van der Waals surface area contributed by atoms with Gasteiger partial charge in [0, 0.05) is 23.8 Å². The molecule has 0 heterocycles. The molecule has 3 aliphatic carbocycles. The molecule has 0 aliphatic heterocycles. The lowest BCUT2D eigenvalue weighted by molar-refractivity contribution is -0.160. The van der Waals surface area contributed by atoms with Crippen LogP contribution in [0.2, 0.25) is 0 Å². The van der Waals surface area contributed by atoms with E-state index in [1.165, 1.54) is 12.1 Å². The van der Waals surface area contributed by atoms with E-state index in [-0.39, 0.29) is 11.3 Å². The fourth-order valence-corrected chi connectivity index (χ4v) is 5.29. The normalized spacial score (nSPS) is 32.4. The van der Waals surface area contributed by atoms with E-state index in [1.54, 1.807) is 13.0 Å². The van der Waals surface area contributed by atoms with Crippen molar-refractivity contribution in [1.29, 1.82) is 0 Å². The predicted molar refractivity (Wildman–Crippen MR) is 108 cm³/mol. The third kappa shape index (κ3) is 2.41. The Balaban J connectivity index is 2.05. The molecule has 1 aromatic rings. The molecule has 31 heavy (non-hydrogen) atoms. The lowest BCUT2D eigenvalue weighted by Gasteiger charge is -2.50. The molecule has 162 valence electrons. The van der Waals surface area contributed by atoms with Gasteiger partial charge in [-0.2, -0.15) is 0 Å². The van der Waals surface area contributed by atoms with Gasteiger partial charge < -0.3 is 31.3 Å². The number of aromatic hydroxyl groups is 1. The van der Waals surface area contributed by atoms with Gasteiger partial charge in [0.05, 0.1) is 11.7 Å². The van der Waals surface area contributed by atoms with E-state index >= 15 is 0 Å². The zero-order valence-electron chi connectivity index (χ0n) is 16.5. The summed E-state index contributed by atoms with van der Waals surface area (Å²) in [6.45, 7) is 5.38. The van der Waals surface area contributed by atoms with Crippen LogP contribution in [0, 0.1) is 11.8 Å². The van der Waals surface area contributed by atoms with Crippen molar-refractivity contribution in [2.24, 2.45) is 17.6 Å². The minimum atomic E-state index is -2.83. The molecule has 0 aromatic heterocycles. The van der Waals surface area contributed by atoms with Crippen LogP contribution >= 0.6 is 0 Å². The van der Waals surface area contributed by atoms with Crippen LogP contribution in [0.3, 0.4) is 0 Å². The molecule has 3 aliphatic rings. The number of hydrogen-bond acceptors (Lipinski definition) is 8. The Bertz CT molecular complexity index is 1150. The van der Waals surface area contributed by atoms with Crippen molar-refractivity contribution >= 4 is 29.3 Å². The van der Waals surface area contributed by atoms with Gasteiger partial charge in [-0.25, -0.2) is 0 Å². The number of carbonyl (C=O) groups excluding carboxylic acids is 3. The highest BCUT2D eigenvalue weighted by Crippen LogP contribution is 2.56. The van der Waals surface area contributed by atoms with Crippen molar-refractivity contribution in [3.63, 3.8) is 0 Å². The molecule has 0 radical (unpaired) electrons. The number of nitrogens with two attached hydrogens (primary N) is 1. The average Bonchev–Trinajstić information content (AvgIpc) is 2.70. The maximum atomic E-state index is 13.4. The number of amides is 1. The molecule has 7 N–H and O–H groups in total. The third-order valence-corrected chi connectivity index (χ3v) is 6.73. The van der Waals surface area contributed by atoms with Gasteiger partial charge in [-0.05, 0) is 23.1 Å². The van der Waals surface area contributed by atoms with Crippen LogP contribution in [0.1, 0.15) is 36.0 Å². The van der Waals surface area contributed by atoms with E-state index in [4.69, 9.17) is 5.73 Å². The molecule has 0 spiro atoms. The number of carbonyl (C=O) groups is 3. The van der Waals surface area contributed by atoms with E-state index in [0.29, 0.717) is 11.1 Å². The third-order valence-electron chi connectivity index (χ3n) is 6.73. The second kappa shape index (κ2) is 6.53. The number of Topliss-reactive ketones (excluding diaryl/α,β-unsaturated/α-hetero) is 2. The lowest BCUT2D eigenvalue weighted by Crippen LogP contribution is -2.64. The number of fused-ring (bicyclic) bond motifs is 3. The van der Waals surface area contributed by atoms with Crippen LogP contribution in [-0.2, 0) is 14.4 Å². The topological polar surface area (TPSA) is 178 Å². The van der Waals surface area contributed by atoms with Crippen LogP contribution in [-0.4, -0.2) is 54.7 Å². The van der Waals surface area contributed by atoms with Gasteiger partial charge >= 0.3 is 0 Å². The smallest absolute Gasteiger partial charge is 0.255 e. The number of rotatable bonds is 2. The number of primary amides is 1. The SMILES string of the molecule is C=Cc1ccc(O)c2c1[C@H](C)[C@@H]1C(=C2O)C(=O)[C@]2(O)C(O)=C(C(N)=O)C(=O)C[C@@H]2[C@H]1O. The van der Waals surface area contributed by atoms with Crippen molar-refractivity contribution < 1.29 is 39.9 Å². The van der Waals surface area contributed by atoms with Crippen LogP contribution in [0.15, 0.2) is 35.6 Å². The molecule has 1 fully saturated rings. The zero-order valence-corrected chi connectivity index (χ0v) is 16.5. The summed E-state index contributed by atoms with van der Waals surface area (Å²) in [4.78, 5) is 37.5. The van der Waals surface area contributed by atoms with Gasteiger partial charge in [-0.1, -0.05) is 25.6 Å². The molecule has 9 nitrogen and oxygen atoms in total. The Kier molecular flexibility index (Phi) is 4.39. The van der Waals surface area contributed by atoms with E-state index in [0.717, 1.165) is 0 Å². The molecular formula is C22H21NO8. The Labute approximate surface area is 176 Å². The van der Waals surface area contributed by atoms with Gasteiger partial charge in [0.1, 0.15) is 22.8 Å². The van der Waals surface area contributed by atoms with Gasteiger partial charge in [-0.15, -0.1) is 0 Å². The molecule has 0 unspecified atom stereocenters. The molecule has 9 heteroatoms.